The Balaban J connectivity index is 1.34. The first kappa shape index (κ1) is 15.7. The molecule has 3 aliphatic rings. The van der Waals surface area contributed by atoms with Crippen LogP contribution in [0, 0.1) is 16.1 Å². The number of ether oxygens (including phenoxy) is 1. The van der Waals surface area contributed by atoms with Crippen molar-refractivity contribution in [3.63, 3.8) is 0 Å². The third-order valence-corrected chi connectivity index (χ3v) is 7.33. The van der Waals surface area contributed by atoms with Gasteiger partial charge in [-0.05, 0) is 42.9 Å². The van der Waals surface area contributed by atoms with E-state index in [1.165, 1.54) is 19.3 Å². The molecule has 0 radical (unpaired) electrons. The maximum Gasteiger partial charge on any atom is 0.240 e. The van der Waals surface area contributed by atoms with E-state index in [0.717, 1.165) is 23.7 Å². The highest BCUT2D eigenvalue weighted by Gasteiger charge is 2.66. The molecule has 0 unspecified atom stereocenters. The average molecular weight is 377 g/mol. The van der Waals surface area contributed by atoms with E-state index in [9.17, 15) is 4.79 Å². The summed E-state index contributed by atoms with van der Waals surface area (Å²) in [5.41, 5.74) is 0.200. The smallest absolute Gasteiger partial charge is 0.240 e. The maximum atomic E-state index is 12.7. The summed E-state index contributed by atoms with van der Waals surface area (Å²) in [6.07, 6.45) is 5.01. The highest BCUT2D eigenvalue weighted by Crippen LogP contribution is 2.62. The Bertz CT molecular complexity index is 852. The van der Waals surface area contributed by atoms with Crippen LogP contribution in [0.2, 0.25) is 0 Å². The normalized spacial score (nSPS) is 29.0. The largest absolute Gasteiger partial charge is 0.377 e. The first-order chi connectivity index (χ1) is 12.2. The number of H-pyrrole nitrogens is 1. The number of nitrogens with one attached hydrogen (secondary N) is 2. The third kappa shape index (κ3) is 2.27. The van der Waals surface area contributed by atoms with Gasteiger partial charge in [0.2, 0.25) is 5.91 Å². The molecule has 2 aromatic rings. The van der Waals surface area contributed by atoms with Crippen LogP contribution in [0.1, 0.15) is 25.7 Å². The Morgan fingerprint density at radius 2 is 2.44 bits per heavy atom. The lowest BCUT2D eigenvalue weighted by Gasteiger charge is -2.63. The number of rotatable bonds is 4. The Labute approximate surface area is 154 Å². The molecule has 6 nitrogen and oxygen atoms in total. The summed E-state index contributed by atoms with van der Waals surface area (Å²) in [6, 6.07) is 4.21. The summed E-state index contributed by atoms with van der Waals surface area (Å²) in [5, 5.41) is 12.4. The van der Waals surface area contributed by atoms with Crippen molar-refractivity contribution in [1.29, 1.82) is 0 Å². The Kier molecular flexibility index (Phi) is 3.62. The molecule has 2 N–H and O–H groups in total. The second-order valence-corrected chi connectivity index (χ2v) is 8.63. The predicted octanol–water partition coefficient (Wildman–Crippen LogP) is 2.74. The summed E-state index contributed by atoms with van der Waals surface area (Å²) in [4.78, 5) is 13.7. The first-order valence-corrected chi connectivity index (χ1v) is 10.1. The van der Waals surface area contributed by atoms with E-state index in [2.05, 4.69) is 15.5 Å². The topological polar surface area (TPSA) is 71.9 Å². The number of thiophene rings is 1. The van der Waals surface area contributed by atoms with Gasteiger partial charge in [-0.3, -0.25) is 14.5 Å². The number of nitrogens with zero attached hydrogens (tertiary/aromatic N) is 2. The Morgan fingerprint density at radius 3 is 3.16 bits per heavy atom. The number of hydrogen-bond donors (Lipinski definition) is 2. The molecule has 2 aliphatic carbocycles. The second kappa shape index (κ2) is 5.75. The van der Waals surface area contributed by atoms with Crippen molar-refractivity contribution in [2.24, 2.45) is 11.3 Å². The van der Waals surface area contributed by atoms with Crippen LogP contribution in [-0.2, 0) is 16.1 Å². The molecule has 1 amide bonds. The minimum atomic E-state index is 0.0110. The predicted molar refractivity (Wildman–Crippen MR) is 96.8 cm³/mol. The SMILES string of the molecule is O=C(Cn1c(-c2cccs2)n[nH]c1=S)N[C@@H]1[C@H]2CCO[C@@H]2C12CCC2. The molecular weight excluding hydrogens is 356 g/mol. The quantitative estimate of drug-likeness (QED) is 0.805. The molecule has 3 atom stereocenters. The molecule has 132 valence electrons. The molecule has 5 rings (SSSR count). The summed E-state index contributed by atoms with van der Waals surface area (Å²) in [6.45, 7) is 1.03. The fraction of sp³-hybridized carbons (Fsp3) is 0.588. The molecule has 1 aliphatic heterocycles. The zero-order valence-corrected chi connectivity index (χ0v) is 15.4. The van der Waals surface area contributed by atoms with Crippen LogP contribution < -0.4 is 5.32 Å². The van der Waals surface area contributed by atoms with E-state index < -0.39 is 0 Å². The van der Waals surface area contributed by atoms with Crippen molar-refractivity contribution in [2.75, 3.05) is 6.61 Å². The van der Waals surface area contributed by atoms with E-state index in [-0.39, 0.29) is 23.9 Å². The molecule has 2 saturated carbocycles. The molecule has 3 fully saturated rings. The minimum Gasteiger partial charge on any atom is -0.377 e. The van der Waals surface area contributed by atoms with Crippen LogP contribution >= 0.6 is 23.6 Å². The number of aromatic nitrogens is 3. The third-order valence-electron chi connectivity index (χ3n) is 6.15. The van der Waals surface area contributed by atoms with Gasteiger partial charge in [-0.15, -0.1) is 11.3 Å². The number of carbonyl (C=O) groups is 1. The van der Waals surface area contributed by atoms with Gasteiger partial charge in [-0.1, -0.05) is 12.5 Å². The van der Waals surface area contributed by atoms with Crippen LogP contribution in [0.25, 0.3) is 10.7 Å². The number of aromatic amines is 1. The highest BCUT2D eigenvalue weighted by atomic mass is 32.1. The van der Waals surface area contributed by atoms with Crippen molar-refractivity contribution >= 4 is 29.5 Å². The van der Waals surface area contributed by atoms with Crippen molar-refractivity contribution in [2.45, 2.75) is 44.4 Å². The van der Waals surface area contributed by atoms with Crippen LogP contribution in [0.5, 0.6) is 0 Å². The Morgan fingerprint density at radius 1 is 1.56 bits per heavy atom. The molecule has 1 spiro atoms. The van der Waals surface area contributed by atoms with Crippen LogP contribution in [0.15, 0.2) is 17.5 Å². The molecule has 3 heterocycles. The van der Waals surface area contributed by atoms with Gasteiger partial charge in [0, 0.05) is 24.0 Å². The second-order valence-electron chi connectivity index (χ2n) is 7.29. The molecule has 0 aromatic carbocycles. The number of hydrogen-bond acceptors (Lipinski definition) is 5. The zero-order chi connectivity index (χ0) is 17.0. The van der Waals surface area contributed by atoms with Gasteiger partial charge in [0.25, 0.3) is 0 Å². The number of amides is 1. The fourth-order valence-corrected chi connectivity index (χ4v) is 5.80. The van der Waals surface area contributed by atoms with Gasteiger partial charge in [0.15, 0.2) is 10.6 Å². The maximum absolute atomic E-state index is 12.7. The molecule has 0 bridgehead atoms. The molecule has 1 saturated heterocycles. The molecule has 25 heavy (non-hydrogen) atoms. The van der Waals surface area contributed by atoms with E-state index in [4.69, 9.17) is 17.0 Å². The van der Waals surface area contributed by atoms with Gasteiger partial charge in [-0.25, -0.2) is 0 Å². The Hall–Kier alpha value is -1.51. The van der Waals surface area contributed by atoms with Crippen molar-refractivity contribution in [3.05, 3.63) is 22.3 Å². The van der Waals surface area contributed by atoms with E-state index in [0.29, 0.717) is 16.8 Å². The minimum absolute atomic E-state index is 0.0110. The number of carbonyl (C=O) groups excluding carboxylic acids is 1. The fourth-order valence-electron chi connectivity index (χ4n) is 4.88. The van der Waals surface area contributed by atoms with E-state index in [1.807, 2.05) is 17.5 Å². The van der Waals surface area contributed by atoms with Crippen molar-refractivity contribution in [1.82, 2.24) is 20.1 Å². The van der Waals surface area contributed by atoms with Gasteiger partial charge < -0.3 is 10.1 Å². The number of fused-ring (bicyclic) bond motifs is 2. The van der Waals surface area contributed by atoms with Gasteiger partial charge in [0.05, 0.1) is 11.0 Å². The van der Waals surface area contributed by atoms with Crippen LogP contribution in [-0.4, -0.2) is 39.4 Å². The standard InChI is InChI=1S/C17H20N4O2S2/c22-12(9-21-15(19-20-16(21)24)11-3-1-8-25-11)18-13-10-4-7-23-14(10)17(13)5-2-6-17/h1,3,8,10,13-14H,2,4-7,9H2,(H,18,22)(H,20,24)/t10-,13-,14+/m1/s1. The van der Waals surface area contributed by atoms with Crippen molar-refractivity contribution in [3.8, 4) is 10.7 Å². The first-order valence-electron chi connectivity index (χ1n) is 8.79. The lowest BCUT2D eigenvalue weighted by atomic mass is 9.46. The molecular formula is C17H20N4O2S2. The summed E-state index contributed by atoms with van der Waals surface area (Å²) >= 11 is 6.91. The van der Waals surface area contributed by atoms with E-state index in [1.54, 1.807) is 15.9 Å². The van der Waals surface area contributed by atoms with Crippen LogP contribution in [0.4, 0.5) is 0 Å². The summed E-state index contributed by atoms with van der Waals surface area (Å²) in [5.74, 6) is 1.22. The highest BCUT2D eigenvalue weighted by molar-refractivity contribution is 7.71. The zero-order valence-electron chi connectivity index (χ0n) is 13.7. The van der Waals surface area contributed by atoms with Crippen LogP contribution in [0.3, 0.4) is 0 Å². The summed E-state index contributed by atoms with van der Waals surface area (Å²) < 4.78 is 8.19. The summed E-state index contributed by atoms with van der Waals surface area (Å²) in [7, 11) is 0. The molecule has 2 aromatic heterocycles. The van der Waals surface area contributed by atoms with Crippen molar-refractivity contribution < 1.29 is 9.53 Å². The van der Waals surface area contributed by atoms with Gasteiger partial charge in [0.1, 0.15) is 6.54 Å². The monoisotopic (exact) mass is 376 g/mol. The molecule has 8 heteroatoms. The lowest BCUT2D eigenvalue weighted by Crippen LogP contribution is -2.71. The van der Waals surface area contributed by atoms with Gasteiger partial charge in [-0.2, -0.15) is 5.10 Å². The lowest BCUT2D eigenvalue weighted by molar-refractivity contribution is -0.179. The average Bonchev–Trinajstić information content (AvgIpc) is 3.26. The van der Waals surface area contributed by atoms with Gasteiger partial charge >= 0.3 is 0 Å². The van der Waals surface area contributed by atoms with E-state index >= 15 is 0 Å².